The maximum absolute atomic E-state index is 12.1. The van der Waals surface area contributed by atoms with Gasteiger partial charge in [0.05, 0.1) is 26.2 Å². The standard InChI is InChI=1S/C17H24N2O4.ClH/c1-22-15-8-4-3-6-12(15)10-13(17(21)23-2)11-19-16(20)14-7-5-9-18-14;/h3-4,6,8,13-14,18H,5,7,9-11H2,1-2H3,(H,19,20);1H. The normalized spacial score (nSPS) is 17.5. The van der Waals surface area contributed by atoms with Gasteiger partial charge in [-0.05, 0) is 37.4 Å². The predicted octanol–water partition coefficient (Wildman–Crippen LogP) is 1.32. The van der Waals surface area contributed by atoms with Crippen LogP contribution in [0.2, 0.25) is 0 Å². The molecule has 0 spiro atoms. The van der Waals surface area contributed by atoms with Gasteiger partial charge in [0.2, 0.25) is 5.91 Å². The largest absolute Gasteiger partial charge is 0.496 e. The first-order valence-corrected chi connectivity index (χ1v) is 7.86. The highest BCUT2D eigenvalue weighted by Gasteiger charge is 2.25. The number of carbonyl (C=O) groups is 2. The van der Waals surface area contributed by atoms with Crippen LogP contribution in [0.1, 0.15) is 18.4 Å². The molecule has 2 rings (SSSR count). The molecule has 2 atom stereocenters. The van der Waals surface area contributed by atoms with Crippen molar-refractivity contribution in [1.29, 1.82) is 0 Å². The second kappa shape index (κ2) is 10.2. The molecule has 1 aromatic rings. The quantitative estimate of drug-likeness (QED) is 0.720. The molecule has 7 heteroatoms. The minimum Gasteiger partial charge on any atom is -0.496 e. The second-order valence-corrected chi connectivity index (χ2v) is 5.63. The van der Waals surface area contributed by atoms with E-state index < -0.39 is 5.92 Å². The zero-order valence-corrected chi connectivity index (χ0v) is 14.9. The molecule has 1 aliphatic heterocycles. The number of para-hydroxylation sites is 1. The summed E-state index contributed by atoms with van der Waals surface area (Å²) in [5.74, 6) is -0.112. The Morgan fingerprint density at radius 1 is 1.33 bits per heavy atom. The number of hydrogen-bond acceptors (Lipinski definition) is 5. The highest BCUT2D eigenvalue weighted by molar-refractivity contribution is 5.85. The van der Waals surface area contributed by atoms with Crippen LogP contribution in [0.5, 0.6) is 5.75 Å². The molecule has 1 aromatic carbocycles. The van der Waals surface area contributed by atoms with Gasteiger partial charge >= 0.3 is 5.97 Å². The Kier molecular flexibility index (Phi) is 8.57. The lowest BCUT2D eigenvalue weighted by molar-refractivity contribution is -0.145. The third-order valence-electron chi connectivity index (χ3n) is 4.09. The molecule has 24 heavy (non-hydrogen) atoms. The molecule has 1 amide bonds. The van der Waals surface area contributed by atoms with Gasteiger partial charge in [0.1, 0.15) is 5.75 Å². The predicted molar refractivity (Wildman–Crippen MR) is 93.5 cm³/mol. The molecule has 0 bridgehead atoms. The van der Waals surface area contributed by atoms with Crippen LogP contribution in [0.3, 0.4) is 0 Å². The average Bonchev–Trinajstić information content (AvgIpc) is 3.12. The lowest BCUT2D eigenvalue weighted by atomic mass is 9.98. The highest BCUT2D eigenvalue weighted by atomic mass is 35.5. The Balaban J connectivity index is 0.00000288. The minimum atomic E-state index is -0.443. The Morgan fingerprint density at radius 2 is 2.08 bits per heavy atom. The number of benzene rings is 1. The first-order chi connectivity index (χ1) is 11.2. The van der Waals surface area contributed by atoms with Crippen molar-refractivity contribution in [2.45, 2.75) is 25.3 Å². The van der Waals surface area contributed by atoms with Gasteiger partial charge in [0.15, 0.2) is 0 Å². The molecular formula is C17H25ClN2O4. The molecule has 1 heterocycles. The summed E-state index contributed by atoms with van der Waals surface area (Å²) in [4.78, 5) is 24.1. The van der Waals surface area contributed by atoms with Crippen molar-refractivity contribution >= 4 is 24.3 Å². The van der Waals surface area contributed by atoms with Crippen LogP contribution >= 0.6 is 12.4 Å². The van der Waals surface area contributed by atoms with Gasteiger partial charge in [-0.25, -0.2) is 0 Å². The van der Waals surface area contributed by atoms with Crippen LogP contribution in [-0.2, 0) is 20.7 Å². The van der Waals surface area contributed by atoms with Gasteiger partial charge < -0.3 is 20.1 Å². The SMILES string of the molecule is COC(=O)C(CNC(=O)C1CCCN1)Cc1ccccc1OC.Cl. The molecular weight excluding hydrogens is 332 g/mol. The van der Waals surface area contributed by atoms with Gasteiger partial charge in [-0.1, -0.05) is 18.2 Å². The first kappa shape index (κ1) is 20.3. The van der Waals surface area contributed by atoms with Gasteiger partial charge in [-0.2, -0.15) is 0 Å². The van der Waals surface area contributed by atoms with Crippen LogP contribution in [0.15, 0.2) is 24.3 Å². The molecule has 2 unspecified atom stereocenters. The van der Waals surface area contributed by atoms with Crippen molar-refractivity contribution in [3.8, 4) is 5.75 Å². The summed E-state index contributed by atoms with van der Waals surface area (Å²) in [6.07, 6.45) is 2.29. The Labute approximate surface area is 148 Å². The summed E-state index contributed by atoms with van der Waals surface area (Å²) >= 11 is 0. The number of rotatable bonds is 7. The fraction of sp³-hybridized carbons (Fsp3) is 0.529. The molecule has 1 fully saturated rings. The summed E-state index contributed by atoms with van der Waals surface area (Å²) in [7, 11) is 2.96. The van der Waals surface area contributed by atoms with E-state index in [4.69, 9.17) is 9.47 Å². The van der Waals surface area contributed by atoms with E-state index in [-0.39, 0.29) is 36.9 Å². The fourth-order valence-corrected chi connectivity index (χ4v) is 2.80. The molecule has 0 saturated carbocycles. The number of nitrogens with one attached hydrogen (secondary N) is 2. The summed E-state index contributed by atoms with van der Waals surface area (Å²) in [5, 5.41) is 6.00. The van der Waals surface area contributed by atoms with Crippen molar-refractivity contribution in [2.24, 2.45) is 5.92 Å². The number of ether oxygens (including phenoxy) is 2. The summed E-state index contributed by atoms with van der Waals surface area (Å²) in [6, 6.07) is 7.38. The Hall–Kier alpha value is -1.79. The molecule has 1 aliphatic rings. The summed E-state index contributed by atoms with van der Waals surface area (Å²) in [6.45, 7) is 1.11. The molecule has 0 aliphatic carbocycles. The third-order valence-corrected chi connectivity index (χ3v) is 4.09. The fourth-order valence-electron chi connectivity index (χ4n) is 2.80. The van der Waals surface area contributed by atoms with E-state index in [0.717, 1.165) is 30.7 Å². The van der Waals surface area contributed by atoms with E-state index in [0.29, 0.717) is 6.42 Å². The van der Waals surface area contributed by atoms with Crippen LogP contribution in [0.4, 0.5) is 0 Å². The number of carbonyl (C=O) groups excluding carboxylic acids is 2. The zero-order chi connectivity index (χ0) is 16.7. The topological polar surface area (TPSA) is 76.7 Å². The van der Waals surface area contributed by atoms with Crippen molar-refractivity contribution in [3.05, 3.63) is 29.8 Å². The first-order valence-electron chi connectivity index (χ1n) is 7.86. The zero-order valence-electron chi connectivity index (χ0n) is 14.0. The molecule has 1 saturated heterocycles. The van der Waals surface area contributed by atoms with E-state index in [2.05, 4.69) is 10.6 Å². The number of hydrogen-bond donors (Lipinski definition) is 2. The Morgan fingerprint density at radius 3 is 2.71 bits per heavy atom. The van der Waals surface area contributed by atoms with Gasteiger partial charge in [0.25, 0.3) is 0 Å². The van der Waals surface area contributed by atoms with Gasteiger partial charge in [-0.15, -0.1) is 12.4 Å². The Bertz CT molecular complexity index is 547. The van der Waals surface area contributed by atoms with Gasteiger partial charge in [-0.3, -0.25) is 9.59 Å². The van der Waals surface area contributed by atoms with Crippen LogP contribution < -0.4 is 15.4 Å². The number of halogens is 1. The maximum Gasteiger partial charge on any atom is 0.310 e. The number of amides is 1. The van der Waals surface area contributed by atoms with Crippen LogP contribution in [0.25, 0.3) is 0 Å². The third kappa shape index (κ3) is 5.39. The average molecular weight is 357 g/mol. The molecule has 6 nitrogen and oxygen atoms in total. The van der Waals surface area contributed by atoms with Crippen molar-refractivity contribution in [1.82, 2.24) is 10.6 Å². The number of esters is 1. The smallest absolute Gasteiger partial charge is 0.310 e. The highest BCUT2D eigenvalue weighted by Crippen LogP contribution is 2.21. The summed E-state index contributed by atoms with van der Waals surface area (Å²) in [5.41, 5.74) is 0.915. The lowest BCUT2D eigenvalue weighted by Crippen LogP contribution is -2.43. The van der Waals surface area contributed by atoms with Crippen molar-refractivity contribution in [3.63, 3.8) is 0 Å². The summed E-state index contributed by atoms with van der Waals surface area (Å²) < 4.78 is 10.2. The van der Waals surface area contributed by atoms with E-state index >= 15 is 0 Å². The number of methoxy groups -OCH3 is 2. The lowest BCUT2D eigenvalue weighted by Gasteiger charge is -2.18. The van der Waals surface area contributed by atoms with Crippen molar-refractivity contribution < 1.29 is 19.1 Å². The second-order valence-electron chi connectivity index (χ2n) is 5.63. The van der Waals surface area contributed by atoms with E-state index in [9.17, 15) is 9.59 Å². The molecule has 2 N–H and O–H groups in total. The van der Waals surface area contributed by atoms with Gasteiger partial charge in [0, 0.05) is 6.54 Å². The maximum atomic E-state index is 12.1. The monoisotopic (exact) mass is 356 g/mol. The molecule has 134 valence electrons. The van der Waals surface area contributed by atoms with E-state index in [1.54, 1.807) is 7.11 Å². The minimum absolute atomic E-state index is 0. The molecule has 0 radical (unpaired) electrons. The molecule has 0 aromatic heterocycles. The van der Waals surface area contributed by atoms with Crippen LogP contribution in [-0.4, -0.2) is 45.2 Å². The van der Waals surface area contributed by atoms with E-state index in [1.807, 2.05) is 24.3 Å². The van der Waals surface area contributed by atoms with Crippen molar-refractivity contribution in [2.75, 3.05) is 27.3 Å². The van der Waals surface area contributed by atoms with Crippen LogP contribution in [0, 0.1) is 5.92 Å². The van der Waals surface area contributed by atoms with E-state index in [1.165, 1.54) is 7.11 Å².